The highest BCUT2D eigenvalue weighted by molar-refractivity contribution is 8.26. The van der Waals surface area contributed by atoms with Gasteiger partial charge in [-0.05, 0) is 56.5 Å². The van der Waals surface area contributed by atoms with Gasteiger partial charge >= 0.3 is 5.97 Å². The number of carboxylic acids is 1. The minimum absolute atomic E-state index is 0.0416. The van der Waals surface area contributed by atoms with Crippen LogP contribution >= 0.6 is 24.0 Å². The number of aryl methyl sites for hydroxylation is 1. The van der Waals surface area contributed by atoms with E-state index in [0.29, 0.717) is 22.2 Å². The predicted molar refractivity (Wildman–Crippen MR) is 126 cm³/mol. The molecule has 0 spiro atoms. The molecule has 1 amide bonds. The minimum Gasteiger partial charge on any atom is -0.481 e. The van der Waals surface area contributed by atoms with E-state index in [1.165, 1.54) is 11.8 Å². The summed E-state index contributed by atoms with van der Waals surface area (Å²) in [5.41, 5.74) is 4.32. The first-order valence-corrected chi connectivity index (χ1v) is 11.3. The molecule has 30 heavy (non-hydrogen) atoms. The van der Waals surface area contributed by atoms with Crippen molar-refractivity contribution in [3.05, 3.63) is 58.3 Å². The molecule has 1 aliphatic rings. The lowest BCUT2D eigenvalue weighted by atomic mass is 10.1. The van der Waals surface area contributed by atoms with Gasteiger partial charge in [0.25, 0.3) is 5.91 Å². The third-order valence-electron chi connectivity index (χ3n) is 5.17. The molecule has 1 saturated heterocycles. The predicted octanol–water partition coefficient (Wildman–Crippen LogP) is 5.33. The van der Waals surface area contributed by atoms with Crippen LogP contribution in [-0.2, 0) is 9.59 Å². The summed E-state index contributed by atoms with van der Waals surface area (Å²) in [6.07, 6.45) is 5.37. The van der Waals surface area contributed by atoms with Crippen molar-refractivity contribution in [1.29, 1.82) is 0 Å². The number of aliphatic carboxylic acids is 1. The topological polar surface area (TPSA) is 62.5 Å². The molecule has 1 fully saturated rings. The number of carbonyl (C=O) groups is 2. The first kappa shape index (κ1) is 22.3. The Morgan fingerprint density at radius 1 is 1.13 bits per heavy atom. The Morgan fingerprint density at radius 3 is 2.53 bits per heavy atom. The van der Waals surface area contributed by atoms with Gasteiger partial charge in [-0.3, -0.25) is 14.5 Å². The van der Waals surface area contributed by atoms with E-state index in [4.69, 9.17) is 17.3 Å². The Morgan fingerprint density at radius 2 is 1.83 bits per heavy atom. The van der Waals surface area contributed by atoms with Crippen molar-refractivity contribution < 1.29 is 14.7 Å². The van der Waals surface area contributed by atoms with E-state index in [2.05, 4.69) is 36.6 Å². The lowest BCUT2D eigenvalue weighted by Gasteiger charge is -2.13. The molecule has 1 aromatic carbocycles. The molecule has 5 nitrogen and oxygen atoms in total. The number of benzene rings is 1. The second kappa shape index (κ2) is 10.1. The molecule has 2 aromatic rings. The molecule has 158 valence electrons. The largest absolute Gasteiger partial charge is 0.481 e. The number of aromatic nitrogens is 1. The number of thiocarbonyl (C=S) groups is 1. The SMILES string of the molecule is Cc1cc(/C=C2\SC(=S)N(CCCCCCC(=O)O)C2=O)c(C)n1-c1ccccc1. The van der Waals surface area contributed by atoms with E-state index in [1.54, 1.807) is 4.90 Å². The van der Waals surface area contributed by atoms with Crippen LogP contribution in [0.5, 0.6) is 0 Å². The average molecular weight is 443 g/mol. The summed E-state index contributed by atoms with van der Waals surface area (Å²) in [5.74, 6) is -0.802. The molecular weight excluding hydrogens is 416 g/mol. The Hall–Kier alpha value is -2.38. The normalized spacial score (nSPS) is 15.4. The summed E-state index contributed by atoms with van der Waals surface area (Å²) < 4.78 is 2.78. The first-order chi connectivity index (χ1) is 14.4. The fourth-order valence-electron chi connectivity index (χ4n) is 3.64. The van der Waals surface area contributed by atoms with Crippen molar-refractivity contribution >= 4 is 46.3 Å². The van der Waals surface area contributed by atoms with Gasteiger partial charge in [-0.2, -0.15) is 0 Å². The third-order valence-corrected chi connectivity index (χ3v) is 6.55. The molecule has 0 atom stereocenters. The van der Waals surface area contributed by atoms with Crippen LogP contribution in [0.1, 0.15) is 49.1 Å². The van der Waals surface area contributed by atoms with Crippen molar-refractivity contribution in [2.24, 2.45) is 0 Å². The molecule has 1 aromatic heterocycles. The van der Waals surface area contributed by atoms with Crippen LogP contribution in [0.25, 0.3) is 11.8 Å². The van der Waals surface area contributed by atoms with Gasteiger partial charge in [0.2, 0.25) is 0 Å². The molecule has 1 N–H and O–H groups in total. The van der Waals surface area contributed by atoms with Gasteiger partial charge in [-0.25, -0.2) is 0 Å². The Labute approximate surface area is 186 Å². The van der Waals surface area contributed by atoms with Gasteiger partial charge in [-0.1, -0.05) is 55.0 Å². The maximum Gasteiger partial charge on any atom is 0.303 e. The first-order valence-electron chi connectivity index (χ1n) is 10.1. The summed E-state index contributed by atoms with van der Waals surface area (Å²) in [6.45, 7) is 4.70. The van der Waals surface area contributed by atoms with Crippen molar-refractivity contribution in [2.45, 2.75) is 46.0 Å². The van der Waals surface area contributed by atoms with E-state index < -0.39 is 5.97 Å². The van der Waals surface area contributed by atoms with Gasteiger partial charge in [0.15, 0.2) is 0 Å². The molecule has 3 rings (SSSR count). The molecule has 0 unspecified atom stereocenters. The number of amides is 1. The number of unbranched alkanes of at least 4 members (excludes halogenated alkanes) is 3. The number of hydrogen-bond acceptors (Lipinski definition) is 4. The number of rotatable bonds is 9. The van der Waals surface area contributed by atoms with E-state index >= 15 is 0 Å². The summed E-state index contributed by atoms with van der Waals surface area (Å²) >= 11 is 6.78. The number of carbonyl (C=O) groups excluding carboxylic acids is 1. The van der Waals surface area contributed by atoms with Crippen LogP contribution in [0, 0.1) is 13.8 Å². The van der Waals surface area contributed by atoms with E-state index in [9.17, 15) is 9.59 Å². The van der Waals surface area contributed by atoms with Gasteiger partial charge in [0.05, 0.1) is 4.91 Å². The molecule has 7 heteroatoms. The Kier molecular flexibility index (Phi) is 7.50. The highest BCUT2D eigenvalue weighted by Crippen LogP contribution is 2.34. The molecular formula is C23H26N2O3S2. The fourth-order valence-corrected chi connectivity index (χ4v) is 4.94. The summed E-state index contributed by atoms with van der Waals surface area (Å²) in [4.78, 5) is 25.7. The van der Waals surface area contributed by atoms with Crippen LogP contribution < -0.4 is 0 Å². The maximum absolute atomic E-state index is 12.9. The van der Waals surface area contributed by atoms with Crippen molar-refractivity contribution in [3.8, 4) is 5.69 Å². The highest BCUT2D eigenvalue weighted by atomic mass is 32.2. The summed E-state index contributed by atoms with van der Waals surface area (Å²) in [6, 6.07) is 12.3. The Bertz CT molecular complexity index is 980. The number of para-hydroxylation sites is 1. The number of carboxylic acid groups (broad SMARTS) is 1. The third kappa shape index (κ3) is 5.21. The Balaban J connectivity index is 1.67. The molecule has 0 saturated carbocycles. The van der Waals surface area contributed by atoms with Gasteiger partial charge < -0.3 is 9.67 Å². The van der Waals surface area contributed by atoms with Gasteiger partial charge in [0.1, 0.15) is 4.32 Å². The van der Waals surface area contributed by atoms with E-state index in [1.807, 2.05) is 24.3 Å². The summed E-state index contributed by atoms with van der Waals surface area (Å²) in [5, 5.41) is 8.68. The van der Waals surface area contributed by atoms with Crippen LogP contribution in [0.4, 0.5) is 0 Å². The van der Waals surface area contributed by atoms with E-state index in [-0.39, 0.29) is 12.3 Å². The lowest BCUT2D eigenvalue weighted by Crippen LogP contribution is -2.29. The van der Waals surface area contributed by atoms with Crippen LogP contribution in [-0.4, -0.2) is 37.3 Å². The molecule has 1 aliphatic heterocycles. The van der Waals surface area contributed by atoms with Gasteiger partial charge in [-0.15, -0.1) is 0 Å². The zero-order chi connectivity index (χ0) is 21.7. The maximum atomic E-state index is 12.9. The standard InChI is InChI=1S/C23H26N2O3S2/c1-16-14-18(17(2)25(16)19-10-6-5-7-11-19)15-20-22(28)24(23(29)30-20)13-9-4-3-8-12-21(26)27/h5-7,10-11,14-15H,3-4,8-9,12-13H2,1-2H3,(H,26,27)/b20-15-. The van der Waals surface area contributed by atoms with Crippen LogP contribution in [0.2, 0.25) is 0 Å². The monoisotopic (exact) mass is 442 g/mol. The lowest BCUT2D eigenvalue weighted by molar-refractivity contribution is -0.137. The second-order valence-electron chi connectivity index (χ2n) is 7.39. The van der Waals surface area contributed by atoms with Crippen LogP contribution in [0.3, 0.4) is 0 Å². The fraction of sp³-hybridized carbons (Fsp3) is 0.348. The minimum atomic E-state index is -0.760. The highest BCUT2D eigenvalue weighted by Gasteiger charge is 2.31. The number of hydrogen-bond donors (Lipinski definition) is 1. The smallest absolute Gasteiger partial charge is 0.303 e. The number of nitrogens with zero attached hydrogens (tertiary/aromatic N) is 2. The molecule has 0 bridgehead atoms. The zero-order valence-corrected chi connectivity index (χ0v) is 18.9. The van der Waals surface area contributed by atoms with Crippen molar-refractivity contribution in [1.82, 2.24) is 9.47 Å². The quantitative estimate of drug-likeness (QED) is 0.323. The van der Waals surface area contributed by atoms with E-state index in [0.717, 1.165) is 41.9 Å². The average Bonchev–Trinajstić information content (AvgIpc) is 3.14. The van der Waals surface area contributed by atoms with Crippen LogP contribution in [0.15, 0.2) is 41.3 Å². The molecule has 2 heterocycles. The zero-order valence-electron chi connectivity index (χ0n) is 17.3. The molecule has 0 aliphatic carbocycles. The second-order valence-corrected chi connectivity index (χ2v) is 9.06. The molecule has 0 radical (unpaired) electrons. The number of thioether (sulfide) groups is 1. The van der Waals surface area contributed by atoms with Gasteiger partial charge in [0, 0.05) is 30.0 Å². The van der Waals surface area contributed by atoms with Crippen molar-refractivity contribution in [3.63, 3.8) is 0 Å². The van der Waals surface area contributed by atoms with Crippen molar-refractivity contribution in [2.75, 3.05) is 6.54 Å². The summed E-state index contributed by atoms with van der Waals surface area (Å²) in [7, 11) is 0.